The van der Waals surface area contributed by atoms with E-state index >= 15 is 0 Å². The van der Waals surface area contributed by atoms with E-state index in [0.29, 0.717) is 17.5 Å². The van der Waals surface area contributed by atoms with Gasteiger partial charge in [0.2, 0.25) is 0 Å². The Labute approximate surface area is 148 Å². The monoisotopic (exact) mass is 336 g/mol. The van der Waals surface area contributed by atoms with Crippen molar-refractivity contribution >= 4 is 11.7 Å². The maximum atomic E-state index is 11.7. The van der Waals surface area contributed by atoms with Crippen LogP contribution in [-0.4, -0.2) is 19.6 Å². The number of methoxy groups -OCH3 is 1. The minimum absolute atomic E-state index is 0.250. The van der Waals surface area contributed by atoms with E-state index in [2.05, 4.69) is 47.9 Å². The van der Waals surface area contributed by atoms with Gasteiger partial charge in [0.25, 0.3) is 0 Å². The molecule has 0 spiro atoms. The lowest BCUT2D eigenvalue weighted by molar-refractivity contribution is 0.0600. The van der Waals surface area contributed by atoms with Crippen molar-refractivity contribution in [2.45, 2.75) is 31.8 Å². The van der Waals surface area contributed by atoms with Gasteiger partial charge in [-0.15, -0.1) is 0 Å². The molecule has 0 amide bonds. The highest BCUT2D eigenvalue weighted by Crippen LogP contribution is 2.46. The van der Waals surface area contributed by atoms with Crippen LogP contribution in [0.4, 0.5) is 5.69 Å². The lowest BCUT2D eigenvalue weighted by atomic mass is 9.75. The first-order valence-electron chi connectivity index (χ1n) is 8.96. The number of rotatable bonds is 2. The number of benzene rings is 2. The van der Waals surface area contributed by atoms with E-state index in [1.807, 2.05) is 12.1 Å². The van der Waals surface area contributed by atoms with Gasteiger partial charge in [0, 0.05) is 17.6 Å². The molecule has 130 valence electrons. The molecule has 0 saturated carbocycles. The van der Waals surface area contributed by atoms with Crippen molar-refractivity contribution in [3.8, 4) is 0 Å². The van der Waals surface area contributed by atoms with Crippen molar-refractivity contribution in [3.05, 3.63) is 64.7 Å². The van der Waals surface area contributed by atoms with Gasteiger partial charge in [-0.2, -0.15) is 0 Å². The molecule has 0 unspecified atom stereocenters. The normalized spacial score (nSPS) is 24.6. The molecule has 2 aliphatic rings. The molecule has 2 aromatic rings. The van der Waals surface area contributed by atoms with Crippen molar-refractivity contribution in [3.63, 3.8) is 0 Å². The minimum Gasteiger partial charge on any atom is -0.465 e. The van der Waals surface area contributed by atoms with E-state index in [0.717, 1.165) is 6.54 Å². The molecular weight excluding hydrogens is 312 g/mol. The molecule has 2 heterocycles. The molecule has 2 N–H and O–H groups in total. The van der Waals surface area contributed by atoms with Gasteiger partial charge in [0.1, 0.15) is 0 Å². The van der Waals surface area contributed by atoms with Gasteiger partial charge in [-0.3, -0.25) is 0 Å². The van der Waals surface area contributed by atoms with Gasteiger partial charge in [-0.1, -0.05) is 29.8 Å². The fraction of sp³-hybridized carbons (Fsp3) is 0.381. The molecule has 4 nitrogen and oxygen atoms in total. The standard InChI is InChI=1S/C21H24N2O2/c1-13-5-10-18-17(12-13)20-16(4-3-11-22-20)19(23-18)14-6-8-15(9-7-14)21(24)25-2/h5-10,12,16,19-20,22-23H,3-4,11H2,1-2H3/t16-,19-,20-/m1/s1. The number of nitrogens with one attached hydrogen (secondary N) is 2. The Bertz CT molecular complexity index is 785. The van der Waals surface area contributed by atoms with E-state index in [1.54, 1.807) is 0 Å². The first-order valence-corrected chi connectivity index (χ1v) is 8.96. The summed E-state index contributed by atoms with van der Waals surface area (Å²) in [6, 6.07) is 15.1. The molecule has 0 radical (unpaired) electrons. The van der Waals surface area contributed by atoms with Gasteiger partial charge in [-0.05, 0) is 55.6 Å². The highest BCUT2D eigenvalue weighted by Gasteiger charge is 2.38. The lowest BCUT2D eigenvalue weighted by Gasteiger charge is -2.44. The van der Waals surface area contributed by atoms with Crippen molar-refractivity contribution in [1.82, 2.24) is 5.32 Å². The van der Waals surface area contributed by atoms with Crippen molar-refractivity contribution in [1.29, 1.82) is 0 Å². The fourth-order valence-corrected chi connectivity index (χ4v) is 4.23. The van der Waals surface area contributed by atoms with Crippen molar-refractivity contribution in [2.24, 2.45) is 5.92 Å². The molecule has 2 aliphatic heterocycles. The van der Waals surface area contributed by atoms with Gasteiger partial charge in [0.05, 0.1) is 18.7 Å². The van der Waals surface area contributed by atoms with Crippen LogP contribution in [0, 0.1) is 12.8 Å². The molecule has 0 bridgehead atoms. The predicted octanol–water partition coefficient (Wildman–Crippen LogP) is 3.99. The Balaban J connectivity index is 1.69. The number of carbonyl (C=O) groups excluding carboxylic acids is 1. The van der Waals surface area contributed by atoms with Gasteiger partial charge in [-0.25, -0.2) is 4.79 Å². The van der Waals surface area contributed by atoms with E-state index < -0.39 is 0 Å². The Morgan fingerprint density at radius 2 is 1.92 bits per heavy atom. The maximum absolute atomic E-state index is 11.7. The highest BCUT2D eigenvalue weighted by atomic mass is 16.5. The van der Waals surface area contributed by atoms with Crippen LogP contribution < -0.4 is 10.6 Å². The number of anilines is 1. The molecule has 4 heteroatoms. The average molecular weight is 336 g/mol. The van der Waals surface area contributed by atoms with Gasteiger partial charge in [0.15, 0.2) is 0 Å². The zero-order valence-electron chi connectivity index (χ0n) is 14.7. The second kappa shape index (κ2) is 6.52. The zero-order valence-corrected chi connectivity index (χ0v) is 14.7. The Kier molecular flexibility index (Phi) is 4.22. The SMILES string of the molecule is COC(=O)c1ccc([C@H]2Nc3ccc(C)cc3[C@@H]3NCCC[C@H]23)cc1. The van der Waals surface area contributed by atoms with E-state index in [-0.39, 0.29) is 12.0 Å². The largest absolute Gasteiger partial charge is 0.465 e. The third-order valence-electron chi connectivity index (χ3n) is 5.48. The van der Waals surface area contributed by atoms with Crippen LogP contribution in [0.5, 0.6) is 0 Å². The Morgan fingerprint density at radius 3 is 2.68 bits per heavy atom. The summed E-state index contributed by atoms with van der Waals surface area (Å²) >= 11 is 0. The summed E-state index contributed by atoms with van der Waals surface area (Å²) in [5, 5.41) is 7.47. The molecule has 2 aromatic carbocycles. The summed E-state index contributed by atoms with van der Waals surface area (Å²) in [6.45, 7) is 3.22. The minimum atomic E-state index is -0.291. The van der Waals surface area contributed by atoms with Gasteiger partial charge < -0.3 is 15.4 Å². The summed E-state index contributed by atoms with van der Waals surface area (Å²) in [5.41, 5.74) is 5.71. The number of aryl methyl sites for hydroxylation is 1. The smallest absolute Gasteiger partial charge is 0.337 e. The number of ether oxygens (including phenoxy) is 1. The summed E-state index contributed by atoms with van der Waals surface area (Å²) in [6.07, 6.45) is 2.39. The second-order valence-corrected chi connectivity index (χ2v) is 7.06. The molecule has 3 atom stereocenters. The molecule has 0 aliphatic carbocycles. The number of carbonyl (C=O) groups is 1. The topological polar surface area (TPSA) is 50.4 Å². The van der Waals surface area contributed by atoms with E-state index in [4.69, 9.17) is 4.74 Å². The quantitative estimate of drug-likeness (QED) is 0.814. The first kappa shape index (κ1) is 16.2. The zero-order chi connectivity index (χ0) is 17.4. The summed E-state index contributed by atoms with van der Waals surface area (Å²) in [5.74, 6) is 0.216. The molecule has 1 fully saturated rings. The maximum Gasteiger partial charge on any atom is 0.337 e. The number of hydrogen-bond acceptors (Lipinski definition) is 4. The van der Waals surface area contributed by atoms with Crippen LogP contribution in [-0.2, 0) is 4.74 Å². The predicted molar refractivity (Wildman–Crippen MR) is 98.8 cm³/mol. The summed E-state index contributed by atoms with van der Waals surface area (Å²) in [7, 11) is 1.41. The van der Waals surface area contributed by atoms with E-state index in [1.165, 1.54) is 42.3 Å². The third kappa shape index (κ3) is 2.91. The number of esters is 1. The second-order valence-electron chi connectivity index (χ2n) is 7.06. The molecule has 25 heavy (non-hydrogen) atoms. The van der Waals surface area contributed by atoms with Crippen LogP contribution >= 0.6 is 0 Å². The molecule has 4 rings (SSSR count). The molecular formula is C21H24N2O2. The van der Waals surface area contributed by atoms with Crippen LogP contribution in [0.2, 0.25) is 0 Å². The molecule has 1 saturated heterocycles. The van der Waals surface area contributed by atoms with Crippen molar-refractivity contribution < 1.29 is 9.53 Å². The summed E-state index contributed by atoms with van der Waals surface area (Å²) < 4.78 is 4.80. The van der Waals surface area contributed by atoms with Crippen LogP contribution in [0.15, 0.2) is 42.5 Å². The highest BCUT2D eigenvalue weighted by molar-refractivity contribution is 5.89. The van der Waals surface area contributed by atoms with Gasteiger partial charge >= 0.3 is 5.97 Å². The Morgan fingerprint density at radius 1 is 1.12 bits per heavy atom. The third-order valence-corrected chi connectivity index (χ3v) is 5.48. The summed E-state index contributed by atoms with van der Waals surface area (Å²) in [4.78, 5) is 11.7. The lowest BCUT2D eigenvalue weighted by Crippen LogP contribution is -2.42. The first-order chi connectivity index (χ1) is 12.2. The van der Waals surface area contributed by atoms with Crippen LogP contribution in [0.1, 0.15) is 52.0 Å². The Hall–Kier alpha value is -2.33. The number of hydrogen-bond donors (Lipinski definition) is 2. The van der Waals surface area contributed by atoms with Crippen molar-refractivity contribution in [2.75, 3.05) is 19.0 Å². The van der Waals surface area contributed by atoms with E-state index in [9.17, 15) is 4.79 Å². The average Bonchev–Trinajstić information content (AvgIpc) is 2.67. The van der Waals surface area contributed by atoms with Crippen LogP contribution in [0.3, 0.4) is 0 Å². The number of piperidine rings is 1. The van der Waals surface area contributed by atoms with Crippen LogP contribution in [0.25, 0.3) is 0 Å². The number of fused-ring (bicyclic) bond motifs is 3. The fourth-order valence-electron chi connectivity index (χ4n) is 4.23. The molecule has 0 aromatic heterocycles.